The zero-order valence-electron chi connectivity index (χ0n) is 5.60. The van der Waals surface area contributed by atoms with E-state index in [1.165, 1.54) is 0 Å². The van der Waals surface area contributed by atoms with E-state index in [1.807, 2.05) is 0 Å². The molecule has 0 aliphatic carbocycles. The molecule has 3 N–H and O–H groups in total. The Labute approximate surface area is 59.1 Å². The number of aliphatic hydroxyl groups is 3. The Hall–Kier alpha value is -0.160. The van der Waals surface area contributed by atoms with Gasteiger partial charge in [0, 0.05) is 12.8 Å². The summed E-state index contributed by atoms with van der Waals surface area (Å²) in [6.45, 7) is -0.145. The van der Waals surface area contributed by atoms with Gasteiger partial charge in [0.25, 0.3) is 0 Å². The molecule has 0 spiro atoms. The van der Waals surface area contributed by atoms with Gasteiger partial charge >= 0.3 is 0 Å². The van der Waals surface area contributed by atoms with E-state index in [0.29, 0.717) is 6.42 Å². The minimum absolute atomic E-state index is 0.145. The quantitative estimate of drug-likeness (QED) is 0.438. The zero-order chi connectivity index (χ0) is 7.56. The summed E-state index contributed by atoms with van der Waals surface area (Å²) in [6.07, 6.45) is -1.20. The molecular weight excluding hydrogens is 136 g/mol. The Kier molecular flexibility index (Phi) is 2.62. The van der Waals surface area contributed by atoms with Gasteiger partial charge in [-0.05, 0) is 0 Å². The Balaban J connectivity index is 2.35. The molecule has 1 rings (SSSR count). The molecule has 3 unspecified atom stereocenters. The first-order valence-corrected chi connectivity index (χ1v) is 3.35. The second kappa shape index (κ2) is 3.30. The summed E-state index contributed by atoms with van der Waals surface area (Å²) < 4.78 is 4.85. The van der Waals surface area contributed by atoms with E-state index >= 15 is 0 Å². The first-order valence-electron chi connectivity index (χ1n) is 3.35. The molecule has 0 radical (unpaired) electrons. The highest BCUT2D eigenvalue weighted by Crippen LogP contribution is 2.17. The lowest BCUT2D eigenvalue weighted by atomic mass is 10.1. The SMILES string of the molecule is OCC1CC(O)CC(O)O1. The molecule has 10 heavy (non-hydrogen) atoms. The standard InChI is InChI=1S/C6H12O4/c7-3-5-1-4(8)2-6(9)10-5/h4-9H,1-3H2. The van der Waals surface area contributed by atoms with Crippen molar-refractivity contribution in [3.63, 3.8) is 0 Å². The summed E-state index contributed by atoms with van der Waals surface area (Å²) in [5.41, 5.74) is 0. The van der Waals surface area contributed by atoms with Gasteiger partial charge in [-0.3, -0.25) is 0 Å². The van der Waals surface area contributed by atoms with E-state index in [9.17, 15) is 0 Å². The van der Waals surface area contributed by atoms with Crippen molar-refractivity contribution in [1.82, 2.24) is 0 Å². The van der Waals surface area contributed by atoms with E-state index < -0.39 is 18.5 Å². The highest BCUT2D eigenvalue weighted by molar-refractivity contribution is 4.71. The summed E-state index contributed by atoms with van der Waals surface area (Å²) >= 11 is 0. The summed E-state index contributed by atoms with van der Waals surface area (Å²) in [6, 6.07) is 0. The summed E-state index contributed by atoms with van der Waals surface area (Å²) in [4.78, 5) is 0. The molecule has 3 atom stereocenters. The van der Waals surface area contributed by atoms with Crippen LogP contribution in [0.1, 0.15) is 12.8 Å². The van der Waals surface area contributed by atoms with Crippen molar-refractivity contribution < 1.29 is 20.1 Å². The Morgan fingerprint density at radius 3 is 2.50 bits per heavy atom. The molecule has 0 aromatic heterocycles. The van der Waals surface area contributed by atoms with Crippen LogP contribution in [0, 0.1) is 0 Å². The second-order valence-electron chi connectivity index (χ2n) is 2.52. The van der Waals surface area contributed by atoms with Crippen LogP contribution in [0.15, 0.2) is 0 Å². The van der Waals surface area contributed by atoms with Crippen LogP contribution in [0.4, 0.5) is 0 Å². The van der Waals surface area contributed by atoms with Gasteiger partial charge in [0.15, 0.2) is 6.29 Å². The molecule has 0 amide bonds. The van der Waals surface area contributed by atoms with Crippen LogP contribution in [-0.4, -0.2) is 40.4 Å². The van der Waals surface area contributed by atoms with E-state index in [4.69, 9.17) is 20.1 Å². The first kappa shape index (κ1) is 7.94. The summed E-state index contributed by atoms with van der Waals surface area (Å²) in [5.74, 6) is 0. The maximum absolute atomic E-state index is 9.03. The van der Waals surface area contributed by atoms with Crippen molar-refractivity contribution in [2.45, 2.75) is 31.3 Å². The average molecular weight is 148 g/mol. The minimum atomic E-state index is -0.916. The van der Waals surface area contributed by atoms with Gasteiger partial charge in [-0.1, -0.05) is 0 Å². The molecule has 0 saturated carbocycles. The zero-order valence-corrected chi connectivity index (χ0v) is 5.60. The smallest absolute Gasteiger partial charge is 0.157 e. The van der Waals surface area contributed by atoms with Crippen molar-refractivity contribution in [3.05, 3.63) is 0 Å². The predicted octanol–water partition coefficient (Wildman–Crippen LogP) is -1.16. The normalized spacial score (nSPS) is 41.7. The van der Waals surface area contributed by atoms with Gasteiger partial charge in [-0.25, -0.2) is 0 Å². The van der Waals surface area contributed by atoms with Gasteiger partial charge in [0.05, 0.1) is 18.8 Å². The number of ether oxygens (including phenoxy) is 1. The third-order valence-corrected chi connectivity index (χ3v) is 1.56. The Bertz CT molecular complexity index is 95.9. The molecule has 60 valence electrons. The lowest BCUT2D eigenvalue weighted by molar-refractivity contribution is -0.197. The molecule has 0 aromatic carbocycles. The monoisotopic (exact) mass is 148 g/mol. The Morgan fingerprint density at radius 1 is 1.30 bits per heavy atom. The third-order valence-electron chi connectivity index (χ3n) is 1.56. The van der Waals surface area contributed by atoms with Gasteiger partial charge in [0.1, 0.15) is 0 Å². The van der Waals surface area contributed by atoms with Crippen LogP contribution < -0.4 is 0 Å². The predicted molar refractivity (Wildman–Crippen MR) is 33.2 cm³/mol. The van der Waals surface area contributed by atoms with Crippen LogP contribution in [0.3, 0.4) is 0 Å². The molecule has 0 aromatic rings. The third kappa shape index (κ3) is 1.91. The van der Waals surface area contributed by atoms with E-state index in [1.54, 1.807) is 0 Å². The molecule has 4 nitrogen and oxygen atoms in total. The van der Waals surface area contributed by atoms with Crippen LogP contribution in [0.2, 0.25) is 0 Å². The number of hydrogen-bond acceptors (Lipinski definition) is 4. The average Bonchev–Trinajstić information content (AvgIpc) is 1.85. The fourth-order valence-corrected chi connectivity index (χ4v) is 1.08. The van der Waals surface area contributed by atoms with Crippen LogP contribution in [-0.2, 0) is 4.74 Å². The fourth-order valence-electron chi connectivity index (χ4n) is 1.08. The molecule has 1 aliphatic rings. The van der Waals surface area contributed by atoms with Crippen molar-refractivity contribution in [3.8, 4) is 0 Å². The molecular formula is C6H12O4. The lowest BCUT2D eigenvalue weighted by Crippen LogP contribution is -2.37. The van der Waals surface area contributed by atoms with Gasteiger partial charge in [0.2, 0.25) is 0 Å². The van der Waals surface area contributed by atoms with Gasteiger partial charge in [-0.2, -0.15) is 0 Å². The molecule has 1 heterocycles. The van der Waals surface area contributed by atoms with Crippen molar-refractivity contribution in [1.29, 1.82) is 0 Å². The van der Waals surface area contributed by atoms with Crippen LogP contribution in [0.25, 0.3) is 0 Å². The lowest BCUT2D eigenvalue weighted by Gasteiger charge is -2.28. The summed E-state index contributed by atoms with van der Waals surface area (Å²) in [5, 5.41) is 26.5. The van der Waals surface area contributed by atoms with E-state index in [2.05, 4.69) is 0 Å². The van der Waals surface area contributed by atoms with Crippen LogP contribution >= 0.6 is 0 Å². The molecule has 0 bridgehead atoms. The molecule has 1 saturated heterocycles. The van der Waals surface area contributed by atoms with E-state index in [-0.39, 0.29) is 13.0 Å². The highest BCUT2D eigenvalue weighted by Gasteiger charge is 2.25. The number of rotatable bonds is 1. The van der Waals surface area contributed by atoms with Crippen molar-refractivity contribution >= 4 is 0 Å². The number of aliphatic hydroxyl groups excluding tert-OH is 3. The topological polar surface area (TPSA) is 69.9 Å². The minimum Gasteiger partial charge on any atom is -0.394 e. The van der Waals surface area contributed by atoms with Crippen molar-refractivity contribution in [2.24, 2.45) is 0 Å². The Morgan fingerprint density at radius 2 is 2.00 bits per heavy atom. The second-order valence-corrected chi connectivity index (χ2v) is 2.52. The maximum atomic E-state index is 9.03. The first-order chi connectivity index (χ1) is 4.72. The fraction of sp³-hybridized carbons (Fsp3) is 1.00. The highest BCUT2D eigenvalue weighted by atomic mass is 16.6. The van der Waals surface area contributed by atoms with Crippen molar-refractivity contribution in [2.75, 3.05) is 6.61 Å². The largest absolute Gasteiger partial charge is 0.394 e. The van der Waals surface area contributed by atoms with Gasteiger partial charge < -0.3 is 20.1 Å². The molecule has 4 heteroatoms. The van der Waals surface area contributed by atoms with Crippen LogP contribution in [0.5, 0.6) is 0 Å². The molecule has 1 fully saturated rings. The maximum Gasteiger partial charge on any atom is 0.157 e. The summed E-state index contributed by atoms with van der Waals surface area (Å²) in [7, 11) is 0. The van der Waals surface area contributed by atoms with Gasteiger partial charge in [-0.15, -0.1) is 0 Å². The molecule has 1 aliphatic heterocycles. The van der Waals surface area contributed by atoms with E-state index in [0.717, 1.165) is 0 Å². The number of hydrogen-bond donors (Lipinski definition) is 3.